The summed E-state index contributed by atoms with van der Waals surface area (Å²) in [6, 6.07) is 8.06. The monoisotopic (exact) mass is 505 g/mol. The molecule has 196 valence electrons. The Labute approximate surface area is 216 Å². The number of carboxylic acids is 1. The number of carboxylic acid groups (broad SMARTS) is 1. The maximum Gasteiger partial charge on any atom is 0.303 e. The molecule has 2 atom stereocenters. The zero-order valence-electron chi connectivity index (χ0n) is 21.7. The van der Waals surface area contributed by atoms with Crippen LogP contribution in [-0.2, 0) is 4.79 Å². The van der Waals surface area contributed by atoms with E-state index >= 15 is 0 Å². The summed E-state index contributed by atoms with van der Waals surface area (Å²) in [7, 11) is 0. The molecule has 2 fully saturated rings. The number of aliphatic carboxylic acids is 1. The molecule has 3 N–H and O–H groups in total. The maximum atomic E-state index is 12.7. The number of benzene rings is 1. The quantitative estimate of drug-likeness (QED) is 0.455. The van der Waals surface area contributed by atoms with Crippen molar-refractivity contribution in [2.75, 3.05) is 41.3 Å². The van der Waals surface area contributed by atoms with Crippen LogP contribution >= 0.6 is 0 Å². The highest BCUT2D eigenvalue weighted by atomic mass is 16.4. The van der Waals surface area contributed by atoms with Gasteiger partial charge in [-0.05, 0) is 60.8 Å². The van der Waals surface area contributed by atoms with Crippen LogP contribution in [0.15, 0.2) is 35.3 Å². The highest BCUT2D eigenvalue weighted by Crippen LogP contribution is 2.36. The summed E-state index contributed by atoms with van der Waals surface area (Å²) >= 11 is 0. The first kappa shape index (κ1) is 25.0. The number of fused-ring (bicyclic) bond motifs is 1. The average molecular weight is 506 g/mol. The number of aromatic amines is 1. The predicted molar refractivity (Wildman–Crippen MR) is 145 cm³/mol. The standard InChI is InChI=1S/C27H35N7O3/c1-17-12-18(2)16-34(15-17)26-30-21-14-28-32-25(37)23(21)24(31-26)29-19-4-6-20(7-5-19)33-10-8-27(3,9-11-33)13-22(35)36/h4-7,14,17-18H,8-13,15-16H2,1-3H3,(H,32,37)(H,35,36)(H,29,30,31). The molecule has 10 heteroatoms. The van der Waals surface area contributed by atoms with Gasteiger partial charge in [0.2, 0.25) is 5.95 Å². The number of H-pyrrole nitrogens is 1. The van der Waals surface area contributed by atoms with E-state index in [2.05, 4.69) is 51.1 Å². The fourth-order valence-electron chi connectivity index (χ4n) is 5.79. The molecule has 5 rings (SSSR count). The van der Waals surface area contributed by atoms with E-state index in [1.54, 1.807) is 6.20 Å². The van der Waals surface area contributed by atoms with Gasteiger partial charge in [-0.1, -0.05) is 20.8 Å². The summed E-state index contributed by atoms with van der Waals surface area (Å²) in [6.07, 6.45) is 4.65. The Hall–Kier alpha value is -3.69. The van der Waals surface area contributed by atoms with E-state index in [0.717, 1.165) is 50.4 Å². The lowest BCUT2D eigenvalue weighted by Gasteiger charge is -2.39. The first-order valence-electron chi connectivity index (χ1n) is 13.0. The third-order valence-electron chi connectivity index (χ3n) is 7.70. The molecule has 10 nitrogen and oxygen atoms in total. The average Bonchev–Trinajstić information content (AvgIpc) is 2.84. The molecule has 0 spiro atoms. The van der Waals surface area contributed by atoms with Gasteiger partial charge in [0.05, 0.1) is 12.6 Å². The third-order valence-corrected chi connectivity index (χ3v) is 7.70. The van der Waals surface area contributed by atoms with E-state index in [4.69, 9.17) is 4.98 Å². The number of hydrogen-bond acceptors (Lipinski definition) is 8. The summed E-state index contributed by atoms with van der Waals surface area (Å²) in [5.74, 6) is 1.42. The lowest BCUT2D eigenvalue weighted by molar-refractivity contribution is -0.139. The highest BCUT2D eigenvalue weighted by molar-refractivity contribution is 5.90. The molecule has 2 aromatic heterocycles. The van der Waals surface area contributed by atoms with Gasteiger partial charge in [0, 0.05) is 37.6 Å². The van der Waals surface area contributed by atoms with Crippen LogP contribution in [0.4, 0.5) is 23.1 Å². The topological polar surface area (TPSA) is 127 Å². The molecule has 0 bridgehead atoms. The fourth-order valence-corrected chi connectivity index (χ4v) is 5.79. The molecule has 0 radical (unpaired) electrons. The van der Waals surface area contributed by atoms with Gasteiger partial charge in [-0.3, -0.25) is 9.59 Å². The van der Waals surface area contributed by atoms with Gasteiger partial charge in [-0.25, -0.2) is 10.1 Å². The number of nitrogens with one attached hydrogen (secondary N) is 2. The number of hydrogen-bond donors (Lipinski definition) is 3. The van der Waals surface area contributed by atoms with Crippen LogP contribution in [0, 0.1) is 17.3 Å². The van der Waals surface area contributed by atoms with Gasteiger partial charge in [0.1, 0.15) is 16.7 Å². The maximum absolute atomic E-state index is 12.7. The molecular formula is C27H35N7O3. The molecule has 0 aliphatic carbocycles. The number of anilines is 4. The van der Waals surface area contributed by atoms with E-state index in [1.807, 2.05) is 24.3 Å². The minimum atomic E-state index is -0.731. The summed E-state index contributed by atoms with van der Waals surface area (Å²) < 4.78 is 0. The van der Waals surface area contributed by atoms with E-state index in [9.17, 15) is 14.7 Å². The Balaban J connectivity index is 1.37. The van der Waals surface area contributed by atoms with Gasteiger partial charge in [-0.2, -0.15) is 10.1 Å². The smallest absolute Gasteiger partial charge is 0.303 e. The Morgan fingerprint density at radius 3 is 2.43 bits per heavy atom. The zero-order chi connectivity index (χ0) is 26.2. The van der Waals surface area contributed by atoms with Crippen LogP contribution in [0.25, 0.3) is 10.9 Å². The van der Waals surface area contributed by atoms with Crippen LogP contribution in [0.1, 0.15) is 46.5 Å². The van der Waals surface area contributed by atoms with Crippen LogP contribution in [-0.4, -0.2) is 57.4 Å². The number of rotatable bonds is 6. The van der Waals surface area contributed by atoms with Crippen LogP contribution in [0.3, 0.4) is 0 Å². The van der Waals surface area contributed by atoms with Gasteiger partial charge in [-0.15, -0.1) is 0 Å². The molecule has 1 aromatic carbocycles. The normalized spacial score (nSPS) is 21.7. The lowest BCUT2D eigenvalue weighted by atomic mass is 9.77. The lowest BCUT2D eigenvalue weighted by Crippen LogP contribution is -2.39. The van der Waals surface area contributed by atoms with Gasteiger partial charge in [0.15, 0.2) is 0 Å². The minimum absolute atomic E-state index is 0.151. The summed E-state index contributed by atoms with van der Waals surface area (Å²) in [6.45, 7) is 9.95. The molecule has 37 heavy (non-hydrogen) atoms. The summed E-state index contributed by atoms with van der Waals surface area (Å²) in [5, 5.41) is 19.4. The molecule has 4 heterocycles. The largest absolute Gasteiger partial charge is 0.481 e. The van der Waals surface area contributed by atoms with E-state index in [1.165, 1.54) is 6.42 Å². The van der Waals surface area contributed by atoms with Crippen LogP contribution in [0.2, 0.25) is 0 Å². The molecule has 2 saturated heterocycles. The molecule has 2 aliphatic rings. The minimum Gasteiger partial charge on any atom is -0.481 e. The summed E-state index contributed by atoms with van der Waals surface area (Å²) in [4.78, 5) is 37.8. The van der Waals surface area contributed by atoms with Crippen molar-refractivity contribution in [2.45, 2.75) is 46.5 Å². The van der Waals surface area contributed by atoms with Gasteiger partial charge >= 0.3 is 5.97 Å². The molecule has 0 saturated carbocycles. The fraction of sp³-hybridized carbons (Fsp3) is 0.519. The number of carbonyl (C=O) groups is 1. The first-order valence-corrected chi connectivity index (χ1v) is 13.0. The van der Waals surface area contributed by atoms with Crippen molar-refractivity contribution in [1.82, 2.24) is 20.2 Å². The SMILES string of the molecule is CC1CC(C)CN(c2nc(Nc3ccc(N4CCC(C)(CC(=O)O)CC4)cc3)c3c(=O)[nH]ncc3n2)C1. The van der Waals surface area contributed by atoms with Crippen molar-refractivity contribution in [3.8, 4) is 0 Å². The Morgan fingerprint density at radius 1 is 1.11 bits per heavy atom. The first-order chi connectivity index (χ1) is 17.7. The molecule has 2 aliphatic heterocycles. The Bertz CT molecular complexity index is 1320. The second-order valence-electron chi connectivity index (χ2n) is 11.2. The highest BCUT2D eigenvalue weighted by Gasteiger charge is 2.32. The number of aromatic nitrogens is 4. The molecule has 3 aromatic rings. The van der Waals surface area contributed by atoms with E-state index < -0.39 is 5.97 Å². The van der Waals surface area contributed by atoms with E-state index in [-0.39, 0.29) is 17.4 Å². The van der Waals surface area contributed by atoms with Crippen molar-refractivity contribution in [3.05, 3.63) is 40.8 Å². The molecule has 2 unspecified atom stereocenters. The molecular weight excluding hydrogens is 470 g/mol. The molecule has 0 amide bonds. The van der Waals surface area contributed by atoms with Crippen LogP contribution in [0.5, 0.6) is 0 Å². The summed E-state index contributed by atoms with van der Waals surface area (Å²) in [5.41, 5.74) is 1.94. The zero-order valence-corrected chi connectivity index (χ0v) is 21.7. The van der Waals surface area contributed by atoms with Crippen molar-refractivity contribution < 1.29 is 9.90 Å². The predicted octanol–water partition coefficient (Wildman–Crippen LogP) is 4.02. The van der Waals surface area contributed by atoms with Crippen molar-refractivity contribution in [2.24, 2.45) is 17.3 Å². The number of piperidine rings is 2. The van der Waals surface area contributed by atoms with Gasteiger partial charge in [0.25, 0.3) is 5.56 Å². The van der Waals surface area contributed by atoms with E-state index in [0.29, 0.717) is 34.5 Å². The van der Waals surface area contributed by atoms with Crippen LogP contribution < -0.4 is 20.7 Å². The third kappa shape index (κ3) is 5.52. The van der Waals surface area contributed by atoms with Gasteiger partial charge < -0.3 is 20.2 Å². The second kappa shape index (κ2) is 9.99. The Kier molecular flexibility index (Phi) is 6.74. The number of nitrogens with zero attached hydrogens (tertiary/aromatic N) is 5. The van der Waals surface area contributed by atoms with Crippen molar-refractivity contribution in [1.29, 1.82) is 0 Å². The van der Waals surface area contributed by atoms with Crippen molar-refractivity contribution >= 4 is 40.0 Å². The van der Waals surface area contributed by atoms with Crippen molar-refractivity contribution in [3.63, 3.8) is 0 Å². The Morgan fingerprint density at radius 2 is 1.78 bits per heavy atom. The second-order valence-corrected chi connectivity index (χ2v) is 11.2.